The first-order valence-corrected chi connectivity index (χ1v) is 7.19. The zero-order valence-electron chi connectivity index (χ0n) is 13.6. The van der Waals surface area contributed by atoms with Gasteiger partial charge in [-0.2, -0.15) is 0 Å². The number of carbonyl (C=O) groups is 1. The maximum atomic E-state index is 11.9. The van der Waals surface area contributed by atoms with Crippen molar-refractivity contribution in [2.45, 2.75) is 66.5 Å². The van der Waals surface area contributed by atoms with Crippen LogP contribution in [0.25, 0.3) is 0 Å². The van der Waals surface area contributed by atoms with Crippen molar-refractivity contribution in [2.24, 2.45) is 5.92 Å². The lowest BCUT2D eigenvalue weighted by Crippen LogP contribution is -2.37. The third kappa shape index (κ3) is 4.54. The second kappa shape index (κ2) is 6.29. The van der Waals surface area contributed by atoms with E-state index >= 15 is 0 Å². The van der Waals surface area contributed by atoms with Crippen molar-refractivity contribution >= 4 is 6.09 Å². The zero-order chi connectivity index (χ0) is 15.5. The second-order valence-electron chi connectivity index (χ2n) is 6.42. The molecule has 2 N–H and O–H groups in total. The Morgan fingerprint density at radius 2 is 2.00 bits per heavy atom. The minimum Gasteiger partial charge on any atom is -0.444 e. The van der Waals surface area contributed by atoms with Gasteiger partial charge in [0.2, 0.25) is 0 Å². The Balaban J connectivity index is 2.86. The van der Waals surface area contributed by atoms with E-state index in [1.165, 1.54) is 0 Å². The van der Waals surface area contributed by atoms with E-state index < -0.39 is 11.7 Å². The molecule has 0 aliphatic rings. The lowest BCUT2D eigenvalue weighted by Gasteiger charge is -2.24. The number of nitrogens with zero attached hydrogens (tertiary/aromatic N) is 1. The van der Waals surface area contributed by atoms with Crippen LogP contribution in [0.3, 0.4) is 0 Å². The third-order valence-corrected chi connectivity index (χ3v) is 2.97. The van der Waals surface area contributed by atoms with E-state index in [0.29, 0.717) is 0 Å². The number of carbonyl (C=O) groups excluding carboxylic acids is 1. The fourth-order valence-corrected chi connectivity index (χ4v) is 2.00. The van der Waals surface area contributed by atoms with E-state index in [1.54, 1.807) is 0 Å². The fourth-order valence-electron chi connectivity index (χ4n) is 2.00. The van der Waals surface area contributed by atoms with Crippen LogP contribution in [0, 0.1) is 12.8 Å². The van der Waals surface area contributed by atoms with Crippen LogP contribution < -0.4 is 5.32 Å². The second-order valence-corrected chi connectivity index (χ2v) is 6.42. The van der Waals surface area contributed by atoms with E-state index in [-0.39, 0.29) is 12.0 Å². The highest BCUT2D eigenvalue weighted by Gasteiger charge is 2.25. The molecular formula is C15H27N3O2. The molecular weight excluding hydrogens is 254 g/mol. The molecule has 1 aromatic heterocycles. The summed E-state index contributed by atoms with van der Waals surface area (Å²) >= 11 is 0. The molecule has 5 nitrogen and oxygen atoms in total. The van der Waals surface area contributed by atoms with Crippen LogP contribution in [0.5, 0.6) is 0 Å². The van der Waals surface area contributed by atoms with Crippen LogP contribution in [0.15, 0.2) is 0 Å². The van der Waals surface area contributed by atoms with Gasteiger partial charge in [0.05, 0.1) is 11.7 Å². The van der Waals surface area contributed by atoms with Crippen LogP contribution in [0.4, 0.5) is 4.79 Å². The summed E-state index contributed by atoms with van der Waals surface area (Å²) in [5.74, 6) is 1.01. The van der Waals surface area contributed by atoms with E-state index in [2.05, 4.69) is 22.2 Å². The summed E-state index contributed by atoms with van der Waals surface area (Å²) in [6.07, 6.45) is 0.461. The number of imidazole rings is 1. The largest absolute Gasteiger partial charge is 0.444 e. The van der Waals surface area contributed by atoms with Gasteiger partial charge in [0.15, 0.2) is 0 Å². The van der Waals surface area contributed by atoms with Crippen molar-refractivity contribution in [2.75, 3.05) is 0 Å². The van der Waals surface area contributed by atoms with Gasteiger partial charge in [0.25, 0.3) is 0 Å². The van der Waals surface area contributed by atoms with Crippen molar-refractivity contribution in [3.63, 3.8) is 0 Å². The lowest BCUT2D eigenvalue weighted by molar-refractivity contribution is 0.0486. The first-order chi connectivity index (χ1) is 9.14. The summed E-state index contributed by atoms with van der Waals surface area (Å²) in [6.45, 7) is 13.7. The third-order valence-electron chi connectivity index (χ3n) is 2.97. The van der Waals surface area contributed by atoms with Crippen LogP contribution in [0.2, 0.25) is 0 Å². The molecule has 0 aromatic carbocycles. The molecule has 0 fully saturated rings. The number of hydrogen-bond acceptors (Lipinski definition) is 3. The molecule has 1 amide bonds. The highest BCUT2D eigenvalue weighted by Crippen LogP contribution is 2.21. The average molecular weight is 281 g/mol. The summed E-state index contributed by atoms with van der Waals surface area (Å²) < 4.78 is 5.31. The quantitative estimate of drug-likeness (QED) is 0.887. The molecule has 0 bridgehead atoms. The van der Waals surface area contributed by atoms with E-state index in [1.807, 2.05) is 41.5 Å². The van der Waals surface area contributed by atoms with E-state index in [4.69, 9.17) is 4.74 Å². The van der Waals surface area contributed by atoms with Gasteiger partial charge >= 0.3 is 6.09 Å². The number of alkyl carbamates (subject to hydrolysis) is 1. The van der Waals surface area contributed by atoms with Crippen molar-refractivity contribution in [1.29, 1.82) is 0 Å². The van der Waals surface area contributed by atoms with Gasteiger partial charge in [-0.05, 0) is 40.0 Å². The van der Waals surface area contributed by atoms with Gasteiger partial charge in [0.1, 0.15) is 11.4 Å². The standard InChI is InChI=1S/C15H27N3O2/c1-8-11-10(4)16-13(17-11)12(9(2)3)18-14(19)20-15(5,6)7/h9,12H,8H2,1-7H3,(H,16,17)(H,18,19). The number of amides is 1. The van der Waals surface area contributed by atoms with Crippen LogP contribution in [-0.2, 0) is 11.2 Å². The fraction of sp³-hybridized carbons (Fsp3) is 0.733. The van der Waals surface area contributed by atoms with Crippen LogP contribution >= 0.6 is 0 Å². The molecule has 1 aromatic rings. The molecule has 1 rings (SSSR count). The number of aromatic nitrogens is 2. The summed E-state index contributed by atoms with van der Waals surface area (Å²) in [7, 11) is 0. The predicted octanol–water partition coefficient (Wildman–Crippen LogP) is 3.50. The number of rotatable bonds is 4. The summed E-state index contributed by atoms with van der Waals surface area (Å²) in [6, 6.07) is -0.177. The van der Waals surface area contributed by atoms with Gasteiger partial charge in [-0.1, -0.05) is 20.8 Å². The molecule has 0 saturated carbocycles. The molecule has 0 aliphatic carbocycles. The predicted molar refractivity (Wildman–Crippen MR) is 79.7 cm³/mol. The Morgan fingerprint density at radius 1 is 1.40 bits per heavy atom. The monoisotopic (exact) mass is 281 g/mol. The van der Waals surface area contributed by atoms with Gasteiger partial charge in [0, 0.05) is 5.69 Å². The molecule has 1 heterocycles. The number of H-pyrrole nitrogens is 1. The Kier molecular flexibility index (Phi) is 5.20. The minimum atomic E-state index is -0.501. The molecule has 114 valence electrons. The topological polar surface area (TPSA) is 67.0 Å². The van der Waals surface area contributed by atoms with Crippen molar-refractivity contribution < 1.29 is 9.53 Å². The molecule has 5 heteroatoms. The maximum Gasteiger partial charge on any atom is 0.408 e. The molecule has 1 atom stereocenters. The van der Waals surface area contributed by atoms with E-state index in [9.17, 15) is 4.79 Å². The molecule has 0 saturated heterocycles. The average Bonchev–Trinajstić information content (AvgIpc) is 2.64. The molecule has 0 spiro atoms. The number of aryl methyl sites for hydroxylation is 2. The Bertz CT molecular complexity index is 458. The van der Waals surface area contributed by atoms with Crippen molar-refractivity contribution in [3.8, 4) is 0 Å². The molecule has 0 radical (unpaired) electrons. The smallest absolute Gasteiger partial charge is 0.408 e. The normalized spacial score (nSPS) is 13.4. The molecule has 1 unspecified atom stereocenters. The van der Waals surface area contributed by atoms with E-state index in [0.717, 1.165) is 23.6 Å². The molecule has 0 aliphatic heterocycles. The van der Waals surface area contributed by atoms with Gasteiger partial charge in [-0.25, -0.2) is 9.78 Å². The van der Waals surface area contributed by atoms with Crippen LogP contribution in [-0.4, -0.2) is 21.7 Å². The highest BCUT2D eigenvalue weighted by molar-refractivity contribution is 5.68. The summed E-state index contributed by atoms with van der Waals surface area (Å²) in [4.78, 5) is 19.8. The highest BCUT2D eigenvalue weighted by atomic mass is 16.6. The van der Waals surface area contributed by atoms with Crippen LogP contribution in [0.1, 0.15) is 64.8 Å². The number of hydrogen-bond donors (Lipinski definition) is 2. The SMILES string of the molecule is CCc1nc(C(NC(=O)OC(C)(C)C)C(C)C)[nH]c1C. The maximum absolute atomic E-state index is 11.9. The van der Waals surface area contributed by atoms with Gasteiger partial charge < -0.3 is 15.0 Å². The molecule has 20 heavy (non-hydrogen) atoms. The Labute approximate surface area is 121 Å². The van der Waals surface area contributed by atoms with Gasteiger partial charge in [-0.3, -0.25) is 0 Å². The summed E-state index contributed by atoms with van der Waals surface area (Å²) in [5, 5.41) is 2.90. The number of ether oxygens (including phenoxy) is 1. The first kappa shape index (κ1) is 16.5. The lowest BCUT2D eigenvalue weighted by atomic mass is 10.0. The van der Waals surface area contributed by atoms with Crippen molar-refractivity contribution in [3.05, 3.63) is 17.2 Å². The number of nitrogens with one attached hydrogen (secondary N) is 2. The summed E-state index contributed by atoms with van der Waals surface area (Å²) in [5.41, 5.74) is 1.59. The Hall–Kier alpha value is -1.52. The number of aromatic amines is 1. The first-order valence-electron chi connectivity index (χ1n) is 7.19. The zero-order valence-corrected chi connectivity index (χ0v) is 13.6. The van der Waals surface area contributed by atoms with Gasteiger partial charge in [-0.15, -0.1) is 0 Å². The minimum absolute atomic E-state index is 0.177. The Morgan fingerprint density at radius 3 is 2.40 bits per heavy atom. The van der Waals surface area contributed by atoms with Crippen molar-refractivity contribution in [1.82, 2.24) is 15.3 Å².